The number of ether oxygens (including phenoxy) is 1. The quantitative estimate of drug-likeness (QED) is 0.871. The van der Waals surface area contributed by atoms with Crippen molar-refractivity contribution in [1.29, 1.82) is 0 Å². The first-order valence-corrected chi connectivity index (χ1v) is 7.04. The van der Waals surface area contributed by atoms with Crippen molar-refractivity contribution in [2.45, 2.75) is 37.9 Å². The highest BCUT2D eigenvalue weighted by molar-refractivity contribution is 6.33. The van der Waals surface area contributed by atoms with E-state index in [0.717, 1.165) is 12.8 Å². The van der Waals surface area contributed by atoms with Crippen molar-refractivity contribution in [3.8, 4) is 0 Å². The van der Waals surface area contributed by atoms with Gasteiger partial charge in [-0.25, -0.2) is 14.2 Å². The van der Waals surface area contributed by atoms with Crippen LogP contribution in [0.15, 0.2) is 12.3 Å². The van der Waals surface area contributed by atoms with Crippen LogP contribution >= 0.6 is 11.6 Å². The molecule has 2 aliphatic rings. The number of hydrogen-bond donors (Lipinski definition) is 1. The molecule has 108 valence electrons. The fraction of sp³-hybridized carbons (Fsp3) is 0.571. The van der Waals surface area contributed by atoms with E-state index in [4.69, 9.17) is 11.6 Å². The first-order valence-electron chi connectivity index (χ1n) is 6.66. The topological polar surface area (TPSA) is 51.2 Å². The summed E-state index contributed by atoms with van der Waals surface area (Å²) < 4.78 is 17.5. The Morgan fingerprint density at radius 1 is 1.50 bits per heavy atom. The molecule has 0 amide bonds. The molecule has 20 heavy (non-hydrogen) atoms. The molecule has 0 bridgehead atoms. The van der Waals surface area contributed by atoms with E-state index >= 15 is 0 Å². The lowest BCUT2D eigenvalue weighted by molar-refractivity contribution is -0.0482. The van der Waals surface area contributed by atoms with Crippen LogP contribution in [0.25, 0.3) is 0 Å². The monoisotopic (exact) mass is 298 g/mol. The van der Waals surface area contributed by atoms with Crippen molar-refractivity contribution in [2.75, 3.05) is 12.4 Å². The van der Waals surface area contributed by atoms with Crippen LogP contribution in [0.2, 0.25) is 5.02 Å². The van der Waals surface area contributed by atoms with Gasteiger partial charge in [0, 0.05) is 12.2 Å². The van der Waals surface area contributed by atoms with E-state index in [1.807, 2.05) is 0 Å². The average molecular weight is 299 g/mol. The van der Waals surface area contributed by atoms with Gasteiger partial charge in [-0.1, -0.05) is 11.6 Å². The third-order valence-electron chi connectivity index (χ3n) is 4.27. The van der Waals surface area contributed by atoms with Crippen LogP contribution in [0.1, 0.15) is 36.0 Å². The first kappa shape index (κ1) is 13.6. The number of nitrogens with one attached hydrogen (secondary N) is 1. The average Bonchev–Trinajstić information content (AvgIpc) is 2.35. The Bertz CT molecular complexity index is 538. The minimum Gasteiger partial charge on any atom is -0.465 e. The van der Waals surface area contributed by atoms with Crippen LogP contribution in [0.4, 0.5) is 10.2 Å². The van der Waals surface area contributed by atoms with Gasteiger partial charge in [0.25, 0.3) is 0 Å². The standard InChI is InChI=1S/C14H16ClFN2O2/c1-20-13(19)8-2-11(15)12(17-7-8)18-10-5-14(6-10)3-9(16)4-14/h2,7,9-10H,3-6H2,1H3,(H,17,18). The summed E-state index contributed by atoms with van der Waals surface area (Å²) in [5.74, 6) is 0.104. The Balaban J connectivity index is 1.60. The van der Waals surface area contributed by atoms with E-state index in [1.165, 1.54) is 19.4 Å². The van der Waals surface area contributed by atoms with Gasteiger partial charge >= 0.3 is 5.97 Å². The summed E-state index contributed by atoms with van der Waals surface area (Å²) in [6.07, 6.45) is 4.13. The predicted molar refractivity (Wildman–Crippen MR) is 73.8 cm³/mol. The minimum atomic E-state index is -0.614. The number of esters is 1. The molecular formula is C14H16ClFN2O2. The fourth-order valence-electron chi connectivity index (χ4n) is 3.27. The van der Waals surface area contributed by atoms with E-state index in [0.29, 0.717) is 29.2 Å². The molecule has 0 saturated heterocycles. The summed E-state index contributed by atoms with van der Waals surface area (Å²) in [5, 5.41) is 3.65. The molecule has 6 heteroatoms. The zero-order valence-electron chi connectivity index (χ0n) is 11.2. The molecule has 1 N–H and O–H groups in total. The number of methoxy groups -OCH3 is 1. The number of alkyl halides is 1. The normalized spacial score (nSPS) is 31.4. The maximum atomic E-state index is 12.9. The molecule has 1 heterocycles. The van der Waals surface area contributed by atoms with E-state index in [9.17, 15) is 9.18 Å². The number of pyridine rings is 1. The van der Waals surface area contributed by atoms with Gasteiger partial charge in [0.2, 0.25) is 0 Å². The molecule has 2 saturated carbocycles. The summed E-state index contributed by atoms with van der Waals surface area (Å²) in [6.45, 7) is 0. The lowest BCUT2D eigenvalue weighted by atomic mass is 9.53. The van der Waals surface area contributed by atoms with Gasteiger partial charge in [-0.2, -0.15) is 0 Å². The molecule has 0 aliphatic heterocycles. The van der Waals surface area contributed by atoms with Gasteiger partial charge < -0.3 is 10.1 Å². The third-order valence-corrected chi connectivity index (χ3v) is 4.56. The van der Waals surface area contributed by atoms with Crippen LogP contribution in [0.5, 0.6) is 0 Å². The number of aromatic nitrogens is 1. The van der Waals surface area contributed by atoms with Crippen molar-refractivity contribution in [1.82, 2.24) is 4.98 Å². The third kappa shape index (κ3) is 2.35. The summed E-state index contributed by atoms with van der Waals surface area (Å²) >= 11 is 6.10. The van der Waals surface area contributed by atoms with E-state index in [2.05, 4.69) is 15.0 Å². The van der Waals surface area contributed by atoms with Crippen LogP contribution in [0, 0.1) is 5.41 Å². The smallest absolute Gasteiger partial charge is 0.339 e. The SMILES string of the molecule is COC(=O)c1cnc(NC2CC3(CC(F)C3)C2)c(Cl)c1. The summed E-state index contributed by atoms with van der Waals surface area (Å²) in [7, 11) is 1.31. The lowest BCUT2D eigenvalue weighted by Gasteiger charge is -2.55. The number of carbonyl (C=O) groups is 1. The highest BCUT2D eigenvalue weighted by atomic mass is 35.5. The van der Waals surface area contributed by atoms with Gasteiger partial charge in [-0.15, -0.1) is 0 Å². The number of rotatable bonds is 3. The number of hydrogen-bond acceptors (Lipinski definition) is 4. The summed E-state index contributed by atoms with van der Waals surface area (Å²) in [6, 6.07) is 1.83. The Morgan fingerprint density at radius 2 is 2.20 bits per heavy atom. The van der Waals surface area contributed by atoms with Crippen molar-refractivity contribution < 1.29 is 13.9 Å². The summed E-state index contributed by atoms with van der Waals surface area (Å²) in [4.78, 5) is 15.5. The molecule has 2 aliphatic carbocycles. The Kier molecular flexibility index (Phi) is 3.32. The van der Waals surface area contributed by atoms with E-state index < -0.39 is 12.1 Å². The number of carbonyl (C=O) groups excluding carboxylic acids is 1. The van der Waals surface area contributed by atoms with E-state index in [1.54, 1.807) is 0 Å². The summed E-state index contributed by atoms with van der Waals surface area (Å²) in [5.41, 5.74) is 0.544. The molecule has 1 spiro atoms. The van der Waals surface area contributed by atoms with Crippen LogP contribution < -0.4 is 5.32 Å². The van der Waals surface area contributed by atoms with Crippen LogP contribution in [0.3, 0.4) is 0 Å². The second-order valence-electron chi connectivity index (χ2n) is 5.80. The molecule has 0 aromatic carbocycles. The molecule has 1 aromatic rings. The number of anilines is 1. The molecule has 1 aromatic heterocycles. The number of nitrogens with zero attached hydrogens (tertiary/aromatic N) is 1. The van der Waals surface area contributed by atoms with Crippen molar-refractivity contribution >= 4 is 23.4 Å². The van der Waals surface area contributed by atoms with Crippen LogP contribution in [-0.2, 0) is 4.74 Å². The lowest BCUT2D eigenvalue weighted by Crippen LogP contribution is -2.53. The Labute approximate surface area is 121 Å². The van der Waals surface area contributed by atoms with Gasteiger partial charge in [0.15, 0.2) is 0 Å². The zero-order valence-corrected chi connectivity index (χ0v) is 11.9. The van der Waals surface area contributed by atoms with Crippen LogP contribution in [-0.4, -0.2) is 30.3 Å². The maximum Gasteiger partial charge on any atom is 0.339 e. The highest BCUT2D eigenvalue weighted by Crippen LogP contribution is 2.57. The highest BCUT2D eigenvalue weighted by Gasteiger charge is 2.53. The largest absolute Gasteiger partial charge is 0.465 e. The fourth-order valence-corrected chi connectivity index (χ4v) is 3.49. The Hall–Kier alpha value is -1.36. The number of halogens is 2. The minimum absolute atomic E-state index is 0.218. The molecule has 4 nitrogen and oxygen atoms in total. The van der Waals surface area contributed by atoms with E-state index in [-0.39, 0.29) is 11.5 Å². The van der Waals surface area contributed by atoms with Gasteiger partial charge in [0.1, 0.15) is 12.0 Å². The van der Waals surface area contributed by atoms with Gasteiger partial charge in [-0.3, -0.25) is 0 Å². The van der Waals surface area contributed by atoms with Crippen molar-refractivity contribution in [3.05, 3.63) is 22.8 Å². The molecule has 0 atom stereocenters. The maximum absolute atomic E-state index is 12.9. The molecule has 2 fully saturated rings. The second-order valence-corrected chi connectivity index (χ2v) is 6.21. The Morgan fingerprint density at radius 3 is 2.75 bits per heavy atom. The first-order chi connectivity index (χ1) is 9.51. The van der Waals surface area contributed by atoms with Crippen molar-refractivity contribution in [3.63, 3.8) is 0 Å². The van der Waals surface area contributed by atoms with Crippen molar-refractivity contribution in [2.24, 2.45) is 5.41 Å². The van der Waals surface area contributed by atoms with Gasteiger partial charge in [-0.05, 0) is 37.2 Å². The molecule has 0 unspecified atom stereocenters. The molecule has 0 radical (unpaired) electrons. The predicted octanol–water partition coefficient (Wildman–Crippen LogP) is 3.21. The van der Waals surface area contributed by atoms with Gasteiger partial charge in [0.05, 0.1) is 17.7 Å². The molecule has 3 rings (SSSR count). The zero-order chi connectivity index (χ0) is 14.3. The molecular weight excluding hydrogens is 283 g/mol. The second kappa shape index (κ2) is 4.88.